The van der Waals surface area contributed by atoms with Gasteiger partial charge in [0.15, 0.2) is 0 Å². The molecule has 0 aliphatic heterocycles. The van der Waals surface area contributed by atoms with Crippen molar-refractivity contribution in [1.29, 1.82) is 0 Å². The van der Waals surface area contributed by atoms with Crippen LogP contribution in [0.5, 0.6) is 0 Å². The fourth-order valence-corrected chi connectivity index (χ4v) is 3.71. The molecule has 2 aromatic rings. The van der Waals surface area contributed by atoms with Gasteiger partial charge in [-0.2, -0.15) is 9.98 Å². The largest absolute Gasteiger partial charge is 0.187 e. The number of hydrogen-bond donors (Lipinski definition) is 0. The lowest BCUT2D eigenvalue weighted by Crippen LogP contribution is -1.98. The first-order chi connectivity index (χ1) is 13.8. The number of aliphatic imine (C=N–C) groups is 2. The molecule has 0 fully saturated rings. The molecule has 2 nitrogen and oxygen atoms in total. The van der Waals surface area contributed by atoms with E-state index in [1.807, 2.05) is 0 Å². The third-order valence-corrected chi connectivity index (χ3v) is 6.05. The van der Waals surface area contributed by atoms with E-state index in [2.05, 4.69) is 97.8 Å². The van der Waals surface area contributed by atoms with Gasteiger partial charge in [0.05, 0.1) is 11.4 Å². The van der Waals surface area contributed by atoms with Crippen LogP contribution in [0.1, 0.15) is 114 Å². The van der Waals surface area contributed by atoms with E-state index in [0.717, 1.165) is 24.2 Å². The smallest absolute Gasteiger partial charge is 0.101 e. The highest BCUT2D eigenvalue weighted by atomic mass is 14.8. The second kappa shape index (κ2) is 10.6. The van der Waals surface area contributed by atoms with E-state index in [4.69, 9.17) is 9.98 Å². The minimum absolute atomic E-state index is 0.414. The van der Waals surface area contributed by atoms with Crippen molar-refractivity contribution in [3.05, 3.63) is 58.7 Å². The summed E-state index contributed by atoms with van der Waals surface area (Å²) in [6, 6.07) is 16.2. The summed E-state index contributed by atoms with van der Waals surface area (Å²) in [4.78, 5) is 9.60. The Labute approximate surface area is 178 Å². The minimum Gasteiger partial charge on any atom is -0.187 e. The van der Waals surface area contributed by atoms with E-state index in [0.29, 0.717) is 23.7 Å². The summed E-state index contributed by atoms with van der Waals surface area (Å²) < 4.78 is 0. The average Bonchev–Trinajstić information content (AvgIpc) is 2.72. The molecule has 29 heavy (non-hydrogen) atoms. The van der Waals surface area contributed by atoms with Gasteiger partial charge in [-0.3, -0.25) is 0 Å². The zero-order valence-corrected chi connectivity index (χ0v) is 19.6. The van der Waals surface area contributed by atoms with Crippen LogP contribution in [0.4, 0.5) is 11.4 Å². The Morgan fingerprint density at radius 1 is 0.621 bits per heavy atom. The second-order valence-corrected chi connectivity index (χ2v) is 8.82. The van der Waals surface area contributed by atoms with Gasteiger partial charge in [-0.15, -0.1) is 0 Å². The maximum absolute atomic E-state index is 4.82. The van der Waals surface area contributed by atoms with E-state index in [1.165, 1.54) is 22.3 Å². The van der Waals surface area contributed by atoms with Gasteiger partial charge >= 0.3 is 0 Å². The van der Waals surface area contributed by atoms with E-state index in [-0.39, 0.29) is 0 Å². The van der Waals surface area contributed by atoms with Crippen molar-refractivity contribution in [3.8, 4) is 0 Å². The quantitative estimate of drug-likeness (QED) is 0.401. The molecule has 2 unspecified atom stereocenters. The van der Waals surface area contributed by atoms with Crippen molar-refractivity contribution < 1.29 is 0 Å². The molecule has 0 spiro atoms. The van der Waals surface area contributed by atoms with Gasteiger partial charge in [0, 0.05) is 0 Å². The molecule has 2 aromatic carbocycles. The topological polar surface area (TPSA) is 24.7 Å². The molecule has 0 N–H and O–H groups in total. The van der Waals surface area contributed by atoms with Crippen LogP contribution in [0.2, 0.25) is 0 Å². The standard InChI is InChI=1S/C27H38N2/c1-9-20(7)24-15-12-16-25(21(8)10-2)27(24)29-17-28-26-22(18(3)4)13-11-14-23(26)19(5)6/h11-16,18-21H,9-10H2,1-8H3. The minimum atomic E-state index is 0.414. The molecule has 0 bridgehead atoms. The van der Waals surface area contributed by atoms with Crippen LogP contribution >= 0.6 is 0 Å². The van der Waals surface area contributed by atoms with Crippen LogP contribution in [-0.2, 0) is 0 Å². The highest BCUT2D eigenvalue weighted by molar-refractivity contribution is 5.67. The van der Waals surface area contributed by atoms with Gasteiger partial charge in [-0.05, 0) is 58.8 Å². The van der Waals surface area contributed by atoms with E-state index >= 15 is 0 Å². The highest BCUT2D eigenvalue weighted by Crippen LogP contribution is 2.37. The number of para-hydroxylation sites is 2. The third-order valence-electron chi connectivity index (χ3n) is 6.05. The summed E-state index contributed by atoms with van der Waals surface area (Å²) in [6.07, 6.45) is 2.19. The van der Waals surface area contributed by atoms with Gasteiger partial charge in [0.1, 0.15) is 6.01 Å². The molecule has 0 aromatic heterocycles. The monoisotopic (exact) mass is 390 g/mol. The van der Waals surface area contributed by atoms with Gasteiger partial charge < -0.3 is 0 Å². The molecule has 0 saturated carbocycles. The molecule has 0 amide bonds. The Bertz CT molecular complexity index is 816. The summed E-state index contributed by atoms with van der Waals surface area (Å²) in [7, 11) is 0. The van der Waals surface area contributed by atoms with Crippen LogP contribution in [-0.4, -0.2) is 6.01 Å². The van der Waals surface area contributed by atoms with Crippen molar-refractivity contribution in [3.63, 3.8) is 0 Å². The van der Waals surface area contributed by atoms with Gasteiger partial charge in [-0.25, -0.2) is 0 Å². The summed E-state index contributed by atoms with van der Waals surface area (Å²) in [5.74, 6) is 1.76. The molecule has 2 rings (SSSR count). The molecule has 2 atom stereocenters. The van der Waals surface area contributed by atoms with Gasteiger partial charge in [0.2, 0.25) is 0 Å². The summed E-state index contributed by atoms with van der Waals surface area (Å²) in [5.41, 5.74) is 7.22. The van der Waals surface area contributed by atoms with Gasteiger partial charge in [0.25, 0.3) is 0 Å². The van der Waals surface area contributed by atoms with Crippen LogP contribution in [0.15, 0.2) is 46.4 Å². The van der Waals surface area contributed by atoms with E-state index in [9.17, 15) is 0 Å². The lowest BCUT2D eigenvalue weighted by Gasteiger charge is -2.18. The van der Waals surface area contributed by atoms with Gasteiger partial charge in [-0.1, -0.05) is 91.8 Å². The first-order valence-electron chi connectivity index (χ1n) is 11.2. The first-order valence-corrected chi connectivity index (χ1v) is 11.2. The third kappa shape index (κ3) is 5.46. The second-order valence-electron chi connectivity index (χ2n) is 8.82. The molecule has 0 aliphatic carbocycles. The lowest BCUT2D eigenvalue weighted by atomic mass is 9.89. The predicted molar refractivity (Wildman–Crippen MR) is 128 cm³/mol. The lowest BCUT2D eigenvalue weighted by molar-refractivity contribution is 0.713. The number of hydrogen-bond acceptors (Lipinski definition) is 2. The zero-order valence-electron chi connectivity index (χ0n) is 19.6. The van der Waals surface area contributed by atoms with Crippen LogP contribution < -0.4 is 0 Å². The Balaban J connectivity index is 2.64. The maximum atomic E-state index is 4.82. The van der Waals surface area contributed by atoms with Crippen molar-refractivity contribution in [1.82, 2.24) is 0 Å². The molecule has 0 radical (unpaired) electrons. The molecule has 0 heterocycles. The highest BCUT2D eigenvalue weighted by Gasteiger charge is 2.16. The van der Waals surface area contributed by atoms with Crippen LogP contribution in [0.25, 0.3) is 0 Å². The molecule has 0 saturated heterocycles. The van der Waals surface area contributed by atoms with E-state index in [1.54, 1.807) is 0 Å². The molecule has 0 aliphatic rings. The SMILES string of the molecule is CCC(C)c1cccc(C(C)CC)c1N=C=Nc1c(C(C)C)cccc1C(C)C. The fourth-order valence-electron chi connectivity index (χ4n) is 3.71. The molecule has 156 valence electrons. The fraction of sp³-hybridized carbons (Fsp3) is 0.519. The Morgan fingerprint density at radius 2 is 0.966 bits per heavy atom. The number of benzene rings is 2. The molecular weight excluding hydrogens is 352 g/mol. The summed E-state index contributed by atoms with van der Waals surface area (Å²) in [6.45, 7) is 17.9. The zero-order chi connectivity index (χ0) is 21.6. The van der Waals surface area contributed by atoms with Crippen molar-refractivity contribution in [2.24, 2.45) is 9.98 Å². The summed E-state index contributed by atoms with van der Waals surface area (Å²) in [5, 5.41) is 0. The first kappa shape index (κ1) is 23.1. The maximum Gasteiger partial charge on any atom is 0.101 e. The molecule has 2 heteroatoms. The normalized spacial score (nSPS) is 13.3. The van der Waals surface area contributed by atoms with E-state index < -0.39 is 0 Å². The van der Waals surface area contributed by atoms with Crippen molar-refractivity contribution in [2.75, 3.05) is 0 Å². The van der Waals surface area contributed by atoms with Crippen LogP contribution in [0, 0.1) is 0 Å². The number of nitrogens with zero attached hydrogens (tertiary/aromatic N) is 2. The molecular formula is C27H38N2. The Hall–Kier alpha value is -2.18. The Morgan fingerprint density at radius 3 is 1.31 bits per heavy atom. The number of rotatable bonds is 8. The van der Waals surface area contributed by atoms with Crippen molar-refractivity contribution in [2.45, 2.75) is 91.9 Å². The average molecular weight is 391 g/mol. The van der Waals surface area contributed by atoms with Crippen LogP contribution in [0.3, 0.4) is 0 Å². The summed E-state index contributed by atoms with van der Waals surface area (Å²) >= 11 is 0. The Kier molecular flexibility index (Phi) is 8.41. The predicted octanol–water partition coefficient (Wildman–Crippen LogP) is 9.10. The van der Waals surface area contributed by atoms with Crippen molar-refractivity contribution >= 4 is 17.4 Å².